The van der Waals surface area contributed by atoms with Crippen molar-refractivity contribution < 1.29 is 9.90 Å². The first-order valence-electron chi connectivity index (χ1n) is 10.3. The Morgan fingerprint density at radius 1 is 0.625 bits per heavy atom. The van der Waals surface area contributed by atoms with Gasteiger partial charge in [-0.2, -0.15) is 0 Å². The van der Waals surface area contributed by atoms with E-state index < -0.39 is 5.97 Å². The zero-order valence-corrected chi connectivity index (χ0v) is 16.0. The van der Waals surface area contributed by atoms with Crippen molar-refractivity contribution in [1.29, 1.82) is 0 Å². The number of aliphatic carboxylic acids is 1. The number of hydrogen-bond acceptors (Lipinski definition) is 1. The lowest BCUT2D eigenvalue weighted by molar-refractivity contribution is -0.131. The number of allylic oxidation sites excluding steroid dienone is 3. The molecule has 0 aromatic carbocycles. The third-order valence-corrected chi connectivity index (χ3v) is 4.39. The van der Waals surface area contributed by atoms with E-state index in [0.717, 1.165) is 12.8 Å². The molecule has 0 heterocycles. The van der Waals surface area contributed by atoms with Gasteiger partial charge in [0.25, 0.3) is 0 Å². The second-order valence-corrected chi connectivity index (χ2v) is 6.82. The van der Waals surface area contributed by atoms with Gasteiger partial charge in [0.2, 0.25) is 0 Å². The molecule has 2 heteroatoms. The average molecular weight is 337 g/mol. The highest BCUT2D eigenvalue weighted by Gasteiger charge is 1.93. The van der Waals surface area contributed by atoms with Crippen LogP contribution in [0.25, 0.3) is 0 Å². The molecule has 2 nitrogen and oxygen atoms in total. The van der Waals surface area contributed by atoms with Crippen LogP contribution in [0.1, 0.15) is 110 Å². The molecule has 0 saturated heterocycles. The summed E-state index contributed by atoms with van der Waals surface area (Å²) in [5, 5.41) is 8.47. The van der Waals surface area contributed by atoms with Crippen LogP contribution in [-0.4, -0.2) is 11.1 Å². The molecular weight excluding hydrogens is 296 g/mol. The van der Waals surface area contributed by atoms with Crippen LogP contribution in [0.5, 0.6) is 0 Å². The minimum atomic E-state index is -0.836. The highest BCUT2D eigenvalue weighted by molar-refractivity contribution is 5.79. The van der Waals surface area contributed by atoms with E-state index >= 15 is 0 Å². The maximum Gasteiger partial charge on any atom is 0.327 e. The van der Waals surface area contributed by atoms with Crippen LogP contribution >= 0.6 is 0 Å². The molecule has 1 N–H and O–H groups in total. The number of carboxylic acids is 1. The number of carboxylic acid groups (broad SMARTS) is 1. The van der Waals surface area contributed by atoms with E-state index in [1.807, 2.05) is 0 Å². The minimum Gasteiger partial charge on any atom is -0.478 e. The minimum absolute atomic E-state index is 0.836. The maximum atomic E-state index is 10.3. The van der Waals surface area contributed by atoms with Crippen LogP contribution in [0, 0.1) is 0 Å². The normalized spacial score (nSPS) is 11.7. The molecule has 0 fully saturated rings. The van der Waals surface area contributed by atoms with Gasteiger partial charge in [0.05, 0.1) is 0 Å². The van der Waals surface area contributed by atoms with Gasteiger partial charge in [0.15, 0.2) is 0 Å². The van der Waals surface area contributed by atoms with Crippen molar-refractivity contribution in [2.45, 2.75) is 110 Å². The molecule has 140 valence electrons. The van der Waals surface area contributed by atoms with Gasteiger partial charge in [-0.25, -0.2) is 4.79 Å². The van der Waals surface area contributed by atoms with Crippen LogP contribution in [-0.2, 0) is 4.79 Å². The van der Waals surface area contributed by atoms with Gasteiger partial charge in [-0.15, -0.1) is 0 Å². The number of rotatable bonds is 18. The topological polar surface area (TPSA) is 37.3 Å². The van der Waals surface area contributed by atoms with Crippen LogP contribution in [0.2, 0.25) is 0 Å². The van der Waals surface area contributed by atoms with E-state index in [4.69, 9.17) is 5.11 Å². The van der Waals surface area contributed by atoms with Gasteiger partial charge in [-0.05, 0) is 38.5 Å². The first kappa shape index (κ1) is 22.9. The fourth-order valence-corrected chi connectivity index (χ4v) is 2.87. The number of carbonyl (C=O) groups is 1. The third kappa shape index (κ3) is 20.9. The average Bonchev–Trinajstić information content (AvgIpc) is 2.56. The molecule has 0 aromatic heterocycles. The molecule has 0 spiro atoms. The summed E-state index contributed by atoms with van der Waals surface area (Å²) in [6.45, 7) is 2.26. The molecule has 0 aliphatic rings. The van der Waals surface area contributed by atoms with Crippen molar-refractivity contribution in [3.63, 3.8) is 0 Å². The summed E-state index contributed by atoms with van der Waals surface area (Å²) >= 11 is 0. The predicted molar refractivity (Wildman–Crippen MR) is 105 cm³/mol. The summed E-state index contributed by atoms with van der Waals surface area (Å²) in [7, 11) is 0. The molecule has 0 bridgehead atoms. The summed E-state index contributed by atoms with van der Waals surface area (Å²) in [5.74, 6) is -0.836. The largest absolute Gasteiger partial charge is 0.478 e. The molecule has 0 atom stereocenters. The summed E-state index contributed by atoms with van der Waals surface area (Å²) < 4.78 is 0. The zero-order valence-electron chi connectivity index (χ0n) is 16.0. The molecule has 0 radical (unpaired) electrons. The van der Waals surface area contributed by atoms with E-state index in [-0.39, 0.29) is 0 Å². The highest BCUT2D eigenvalue weighted by Crippen LogP contribution is 2.12. The quantitative estimate of drug-likeness (QED) is 0.160. The fraction of sp³-hybridized carbons (Fsp3) is 0.773. The molecule has 0 aliphatic heterocycles. The number of hydrogen-bond donors (Lipinski definition) is 1. The van der Waals surface area contributed by atoms with Gasteiger partial charge < -0.3 is 5.11 Å². The van der Waals surface area contributed by atoms with Crippen molar-refractivity contribution in [3.8, 4) is 0 Å². The van der Waals surface area contributed by atoms with Gasteiger partial charge in [0, 0.05) is 6.08 Å². The maximum absolute atomic E-state index is 10.3. The molecule has 0 unspecified atom stereocenters. The van der Waals surface area contributed by atoms with E-state index in [2.05, 4.69) is 19.1 Å². The van der Waals surface area contributed by atoms with Crippen LogP contribution < -0.4 is 0 Å². The monoisotopic (exact) mass is 336 g/mol. The Morgan fingerprint density at radius 3 is 1.42 bits per heavy atom. The molecule has 0 aromatic rings. The molecular formula is C22H40O2. The Labute approximate surface area is 150 Å². The van der Waals surface area contributed by atoms with Gasteiger partial charge in [0.1, 0.15) is 0 Å². The zero-order chi connectivity index (χ0) is 17.7. The van der Waals surface area contributed by atoms with Crippen molar-refractivity contribution in [3.05, 3.63) is 24.3 Å². The molecule has 0 saturated carbocycles. The fourth-order valence-electron chi connectivity index (χ4n) is 2.87. The third-order valence-electron chi connectivity index (χ3n) is 4.39. The van der Waals surface area contributed by atoms with Gasteiger partial charge in [-0.1, -0.05) is 89.4 Å². The molecule has 0 amide bonds. The molecule has 0 aliphatic carbocycles. The van der Waals surface area contributed by atoms with Crippen LogP contribution in [0.4, 0.5) is 0 Å². The Hall–Kier alpha value is -1.05. The van der Waals surface area contributed by atoms with Gasteiger partial charge >= 0.3 is 5.97 Å². The Morgan fingerprint density at radius 2 is 1.00 bits per heavy atom. The summed E-state index contributed by atoms with van der Waals surface area (Å²) in [4.78, 5) is 10.3. The van der Waals surface area contributed by atoms with Gasteiger partial charge in [-0.3, -0.25) is 0 Å². The van der Waals surface area contributed by atoms with Crippen LogP contribution in [0.3, 0.4) is 0 Å². The summed E-state index contributed by atoms with van der Waals surface area (Å²) in [6.07, 6.45) is 28.5. The first-order valence-corrected chi connectivity index (χ1v) is 10.3. The lowest BCUT2D eigenvalue weighted by atomic mass is 10.1. The smallest absolute Gasteiger partial charge is 0.327 e. The summed E-state index contributed by atoms with van der Waals surface area (Å²) in [6, 6.07) is 0. The van der Waals surface area contributed by atoms with E-state index in [0.29, 0.717) is 0 Å². The first-order chi connectivity index (χ1) is 11.8. The number of unbranched alkanes of at least 4 members (excludes halogenated alkanes) is 14. The Balaban J connectivity index is 3.10. The highest BCUT2D eigenvalue weighted by atomic mass is 16.4. The van der Waals surface area contributed by atoms with Crippen molar-refractivity contribution in [1.82, 2.24) is 0 Å². The van der Waals surface area contributed by atoms with Crippen molar-refractivity contribution >= 4 is 5.97 Å². The Kier molecular flexibility index (Phi) is 19.1. The molecule has 0 rings (SSSR count). The standard InChI is InChI=1S/C22H40O2/c1-2-3-4-5-6-7-8-9-10-11-12-13-14-15-16-17-18-19-20-21-22(23)24/h7-8,20-21H,2-6,9-19H2,1H3,(H,23,24). The van der Waals surface area contributed by atoms with Crippen LogP contribution in [0.15, 0.2) is 24.3 Å². The molecule has 24 heavy (non-hydrogen) atoms. The van der Waals surface area contributed by atoms with E-state index in [1.165, 1.54) is 96.0 Å². The van der Waals surface area contributed by atoms with E-state index in [1.54, 1.807) is 6.08 Å². The predicted octanol–water partition coefficient (Wildman–Crippen LogP) is 7.44. The van der Waals surface area contributed by atoms with Crippen molar-refractivity contribution in [2.24, 2.45) is 0 Å². The lowest BCUT2D eigenvalue weighted by Gasteiger charge is -2.01. The van der Waals surface area contributed by atoms with E-state index in [9.17, 15) is 4.79 Å². The summed E-state index contributed by atoms with van der Waals surface area (Å²) in [5.41, 5.74) is 0. The van der Waals surface area contributed by atoms with Crippen molar-refractivity contribution in [2.75, 3.05) is 0 Å². The SMILES string of the molecule is CCCCCCC=CCCCCCCCCCCCC=CC(=O)O. The Bertz CT molecular complexity index is 318. The second-order valence-electron chi connectivity index (χ2n) is 6.82. The lowest BCUT2D eigenvalue weighted by Crippen LogP contribution is -1.85. The second kappa shape index (κ2) is 20.0.